The lowest BCUT2D eigenvalue weighted by Gasteiger charge is -2.26. The number of rotatable bonds is 7. The topological polar surface area (TPSA) is 117 Å². The standard InChI is InChI=1S/C11H19N5O4S/c17-11(18)9-16-8-10(7-13-16)21(19,20)14-3-6-15-4-1-12-2-5-15/h7-8,12,14H,1-6,9H2,(H,17,18). The predicted molar refractivity (Wildman–Crippen MR) is 74.4 cm³/mol. The Morgan fingerprint density at radius 1 is 1.43 bits per heavy atom. The molecular weight excluding hydrogens is 298 g/mol. The number of hydrogen-bond donors (Lipinski definition) is 3. The van der Waals surface area contributed by atoms with Gasteiger partial charge in [-0.25, -0.2) is 13.1 Å². The van der Waals surface area contributed by atoms with Crippen LogP contribution < -0.4 is 10.0 Å². The molecule has 1 fully saturated rings. The van der Waals surface area contributed by atoms with E-state index in [4.69, 9.17) is 5.11 Å². The van der Waals surface area contributed by atoms with Gasteiger partial charge in [0.15, 0.2) is 0 Å². The Hall–Kier alpha value is -1.49. The number of hydrogen-bond acceptors (Lipinski definition) is 6. The highest BCUT2D eigenvalue weighted by molar-refractivity contribution is 7.89. The molecule has 0 atom stereocenters. The van der Waals surface area contributed by atoms with Gasteiger partial charge in [0.2, 0.25) is 10.0 Å². The van der Waals surface area contributed by atoms with Gasteiger partial charge < -0.3 is 10.4 Å². The molecule has 1 aromatic heterocycles. The molecule has 0 unspecified atom stereocenters. The second-order valence-electron chi connectivity index (χ2n) is 4.76. The Kier molecular flexibility index (Phi) is 5.28. The second kappa shape index (κ2) is 6.98. The molecule has 1 saturated heterocycles. The molecule has 0 spiro atoms. The molecule has 0 bridgehead atoms. The normalized spacial score (nSPS) is 17.0. The number of nitrogens with one attached hydrogen (secondary N) is 2. The summed E-state index contributed by atoms with van der Waals surface area (Å²) in [5.41, 5.74) is 0. The fraction of sp³-hybridized carbons (Fsp3) is 0.636. The van der Waals surface area contributed by atoms with Gasteiger partial charge in [-0.2, -0.15) is 5.10 Å². The zero-order chi connectivity index (χ0) is 15.3. The molecular formula is C11H19N5O4S. The number of piperazine rings is 1. The molecule has 118 valence electrons. The first-order valence-electron chi connectivity index (χ1n) is 6.64. The molecule has 2 rings (SSSR count). The lowest BCUT2D eigenvalue weighted by atomic mass is 10.3. The number of sulfonamides is 1. The first-order valence-corrected chi connectivity index (χ1v) is 8.13. The fourth-order valence-corrected chi connectivity index (χ4v) is 3.04. The maximum absolute atomic E-state index is 12.0. The molecule has 0 saturated carbocycles. The van der Waals surface area contributed by atoms with Gasteiger partial charge in [0, 0.05) is 45.5 Å². The number of carboxylic acid groups (broad SMARTS) is 1. The van der Waals surface area contributed by atoms with Crippen molar-refractivity contribution in [3.05, 3.63) is 12.4 Å². The minimum atomic E-state index is -3.64. The minimum Gasteiger partial charge on any atom is -0.480 e. The Balaban J connectivity index is 1.85. The molecule has 0 aliphatic carbocycles. The van der Waals surface area contributed by atoms with E-state index in [9.17, 15) is 13.2 Å². The van der Waals surface area contributed by atoms with Crippen LogP contribution in [0.15, 0.2) is 17.3 Å². The van der Waals surface area contributed by atoms with Crippen molar-refractivity contribution in [1.82, 2.24) is 24.7 Å². The van der Waals surface area contributed by atoms with Crippen molar-refractivity contribution in [3.63, 3.8) is 0 Å². The summed E-state index contributed by atoms with van der Waals surface area (Å²) in [5.74, 6) is -1.08. The fourth-order valence-electron chi connectivity index (χ4n) is 2.06. The van der Waals surface area contributed by atoms with E-state index in [1.807, 2.05) is 0 Å². The van der Waals surface area contributed by atoms with Crippen LogP contribution in [0.2, 0.25) is 0 Å². The van der Waals surface area contributed by atoms with Crippen LogP contribution in [-0.4, -0.2) is 73.4 Å². The van der Waals surface area contributed by atoms with Crippen molar-refractivity contribution >= 4 is 16.0 Å². The highest BCUT2D eigenvalue weighted by atomic mass is 32.2. The van der Waals surface area contributed by atoms with Crippen molar-refractivity contribution in [2.24, 2.45) is 0 Å². The third-order valence-corrected chi connectivity index (χ3v) is 4.56. The molecule has 0 aromatic carbocycles. The summed E-state index contributed by atoms with van der Waals surface area (Å²) < 4.78 is 27.6. The number of carboxylic acids is 1. The van der Waals surface area contributed by atoms with E-state index in [1.54, 1.807) is 0 Å². The van der Waals surface area contributed by atoms with Crippen LogP contribution in [0.25, 0.3) is 0 Å². The number of aliphatic carboxylic acids is 1. The summed E-state index contributed by atoms with van der Waals surface area (Å²) >= 11 is 0. The zero-order valence-electron chi connectivity index (χ0n) is 11.5. The van der Waals surface area contributed by atoms with Crippen LogP contribution in [0, 0.1) is 0 Å². The van der Waals surface area contributed by atoms with Gasteiger partial charge >= 0.3 is 5.97 Å². The molecule has 1 aromatic rings. The van der Waals surface area contributed by atoms with Gasteiger partial charge in [-0.15, -0.1) is 0 Å². The molecule has 0 radical (unpaired) electrons. The van der Waals surface area contributed by atoms with Crippen LogP contribution in [0.3, 0.4) is 0 Å². The maximum Gasteiger partial charge on any atom is 0.325 e. The van der Waals surface area contributed by atoms with E-state index in [2.05, 4.69) is 20.0 Å². The Bertz CT molecular complexity index is 579. The quantitative estimate of drug-likeness (QED) is 0.540. The van der Waals surface area contributed by atoms with Gasteiger partial charge in [-0.1, -0.05) is 0 Å². The molecule has 2 heterocycles. The summed E-state index contributed by atoms with van der Waals surface area (Å²) in [6, 6.07) is 0. The van der Waals surface area contributed by atoms with Crippen LogP contribution in [-0.2, 0) is 21.4 Å². The van der Waals surface area contributed by atoms with Crippen molar-refractivity contribution in [2.75, 3.05) is 39.3 Å². The monoisotopic (exact) mass is 317 g/mol. The van der Waals surface area contributed by atoms with Crippen LogP contribution in [0.4, 0.5) is 0 Å². The summed E-state index contributed by atoms with van der Waals surface area (Å²) in [6.07, 6.45) is 2.36. The third kappa shape index (κ3) is 4.77. The highest BCUT2D eigenvalue weighted by Gasteiger charge is 2.17. The lowest BCUT2D eigenvalue weighted by molar-refractivity contribution is -0.137. The summed E-state index contributed by atoms with van der Waals surface area (Å²) in [5, 5.41) is 15.6. The largest absolute Gasteiger partial charge is 0.480 e. The summed E-state index contributed by atoms with van der Waals surface area (Å²) in [4.78, 5) is 12.7. The van der Waals surface area contributed by atoms with Gasteiger partial charge in [-0.3, -0.25) is 14.4 Å². The maximum atomic E-state index is 12.0. The smallest absolute Gasteiger partial charge is 0.325 e. The molecule has 0 amide bonds. The summed E-state index contributed by atoms with van der Waals surface area (Å²) in [6.45, 7) is 4.22. The van der Waals surface area contributed by atoms with Crippen LogP contribution in [0.1, 0.15) is 0 Å². The lowest BCUT2D eigenvalue weighted by Crippen LogP contribution is -2.46. The van der Waals surface area contributed by atoms with Crippen molar-refractivity contribution in [1.29, 1.82) is 0 Å². The first kappa shape index (κ1) is 15.9. The van der Waals surface area contributed by atoms with Crippen molar-refractivity contribution in [2.45, 2.75) is 11.4 Å². The van der Waals surface area contributed by atoms with E-state index in [0.29, 0.717) is 13.1 Å². The van der Waals surface area contributed by atoms with Crippen molar-refractivity contribution < 1.29 is 18.3 Å². The molecule has 10 heteroatoms. The minimum absolute atomic E-state index is 0.0240. The summed E-state index contributed by atoms with van der Waals surface area (Å²) in [7, 11) is -3.64. The Labute approximate surface area is 123 Å². The number of aromatic nitrogens is 2. The predicted octanol–water partition coefficient (Wildman–Crippen LogP) is -1.85. The highest BCUT2D eigenvalue weighted by Crippen LogP contribution is 2.06. The average molecular weight is 317 g/mol. The SMILES string of the molecule is O=C(O)Cn1cc(S(=O)(=O)NCCN2CCNCC2)cn1. The van der Waals surface area contributed by atoms with Gasteiger partial charge in [0.25, 0.3) is 0 Å². The van der Waals surface area contributed by atoms with E-state index in [-0.39, 0.29) is 11.4 Å². The van der Waals surface area contributed by atoms with E-state index < -0.39 is 16.0 Å². The van der Waals surface area contributed by atoms with E-state index in [0.717, 1.165) is 37.1 Å². The molecule has 1 aliphatic rings. The third-order valence-electron chi connectivity index (χ3n) is 3.15. The first-order chi connectivity index (χ1) is 9.97. The molecule has 3 N–H and O–H groups in total. The Morgan fingerprint density at radius 3 is 2.81 bits per heavy atom. The Morgan fingerprint density at radius 2 is 2.14 bits per heavy atom. The number of carbonyl (C=O) groups is 1. The van der Waals surface area contributed by atoms with Crippen LogP contribution >= 0.6 is 0 Å². The molecule has 21 heavy (non-hydrogen) atoms. The van der Waals surface area contributed by atoms with Crippen LogP contribution in [0.5, 0.6) is 0 Å². The van der Waals surface area contributed by atoms with Gasteiger partial charge in [0.05, 0.1) is 6.20 Å². The van der Waals surface area contributed by atoms with Gasteiger partial charge in [-0.05, 0) is 0 Å². The van der Waals surface area contributed by atoms with Gasteiger partial charge in [0.1, 0.15) is 11.4 Å². The number of nitrogens with zero attached hydrogens (tertiary/aromatic N) is 3. The van der Waals surface area contributed by atoms with E-state index in [1.165, 1.54) is 6.20 Å². The van der Waals surface area contributed by atoms with E-state index >= 15 is 0 Å². The zero-order valence-corrected chi connectivity index (χ0v) is 12.3. The average Bonchev–Trinajstić information content (AvgIpc) is 2.88. The molecule has 1 aliphatic heterocycles. The molecule has 9 nitrogen and oxygen atoms in total. The second-order valence-corrected chi connectivity index (χ2v) is 6.52. The van der Waals surface area contributed by atoms with Crippen molar-refractivity contribution in [3.8, 4) is 0 Å².